The molecule has 0 spiro atoms. The molecule has 0 unspecified atom stereocenters. The van der Waals surface area contributed by atoms with Gasteiger partial charge in [0.1, 0.15) is 0 Å². The molecule has 0 N–H and O–H groups in total. The lowest BCUT2D eigenvalue weighted by atomic mass is 10.4. The van der Waals surface area contributed by atoms with Gasteiger partial charge in [0.15, 0.2) is 0 Å². The Morgan fingerprint density at radius 3 is 1.68 bits per heavy atom. The molecule has 0 radical (unpaired) electrons. The predicted molar refractivity (Wildman–Crippen MR) is 104 cm³/mol. The van der Waals surface area contributed by atoms with E-state index in [0.717, 1.165) is 57.4 Å². The van der Waals surface area contributed by atoms with Crippen LogP contribution in [0.5, 0.6) is 0 Å². The van der Waals surface area contributed by atoms with E-state index in [1.807, 2.05) is 0 Å². The Kier molecular flexibility index (Phi) is 16.3. The number of ether oxygens (including phenoxy) is 1. The second kappa shape index (κ2) is 16.8. The molecule has 0 aliphatic heterocycles. The highest BCUT2D eigenvalue weighted by Crippen LogP contribution is 2.21. The van der Waals surface area contributed by atoms with Crippen LogP contribution in [0, 0.1) is 0 Å². The van der Waals surface area contributed by atoms with Crippen molar-refractivity contribution in [2.75, 3.05) is 26.4 Å². The lowest BCUT2D eigenvalue weighted by molar-refractivity contribution is -0.137. The van der Waals surface area contributed by atoms with E-state index in [2.05, 4.69) is 27.4 Å². The fourth-order valence-corrected chi connectivity index (χ4v) is 4.86. The summed E-state index contributed by atoms with van der Waals surface area (Å²) < 4.78 is 23.6. The van der Waals surface area contributed by atoms with Crippen molar-refractivity contribution in [1.82, 2.24) is 0 Å². The molecule has 6 heteroatoms. The largest absolute Gasteiger partial charge is 0.500 e. The average molecular weight is 375 g/mol. The van der Waals surface area contributed by atoms with Gasteiger partial charge < -0.3 is 18.0 Å². The lowest BCUT2D eigenvalue weighted by Crippen LogP contribution is -2.46. The van der Waals surface area contributed by atoms with Gasteiger partial charge in [0.25, 0.3) is 0 Å². The minimum absolute atomic E-state index is 0.374. The van der Waals surface area contributed by atoms with Gasteiger partial charge in [-0.3, -0.25) is 0 Å². The molecule has 0 atom stereocenters. The van der Waals surface area contributed by atoms with E-state index in [-0.39, 0.29) is 5.97 Å². The van der Waals surface area contributed by atoms with Gasteiger partial charge in [-0.2, -0.15) is 0 Å². The standard InChI is InChI=1S/C19H38O5Si/c1-5-9-15-22-25(23-16-10-6-2,24-17-11-7-3)18-13-12-14-21-19(20)8-4/h8H,4-7,9-18H2,1-3H3. The third kappa shape index (κ3) is 13.2. The number of esters is 1. The molecule has 0 saturated carbocycles. The van der Waals surface area contributed by atoms with Crippen molar-refractivity contribution in [3.8, 4) is 0 Å². The van der Waals surface area contributed by atoms with Crippen molar-refractivity contribution in [2.45, 2.75) is 78.2 Å². The maximum atomic E-state index is 11.1. The van der Waals surface area contributed by atoms with Crippen molar-refractivity contribution in [3.05, 3.63) is 12.7 Å². The summed E-state index contributed by atoms with van der Waals surface area (Å²) in [6.07, 6.45) is 9.14. The molecule has 0 aliphatic carbocycles. The number of carbonyl (C=O) groups is 1. The van der Waals surface area contributed by atoms with Crippen LogP contribution in [-0.4, -0.2) is 41.2 Å². The summed E-state index contributed by atoms with van der Waals surface area (Å²) in [5, 5.41) is 0. The van der Waals surface area contributed by atoms with Crippen LogP contribution in [0.15, 0.2) is 12.7 Å². The molecule has 0 heterocycles. The molecule has 0 bridgehead atoms. The number of carbonyl (C=O) groups excluding carboxylic acids is 1. The summed E-state index contributed by atoms with van der Waals surface area (Å²) in [5.74, 6) is -0.374. The summed E-state index contributed by atoms with van der Waals surface area (Å²) in [7, 11) is -2.65. The van der Waals surface area contributed by atoms with Crippen molar-refractivity contribution in [2.24, 2.45) is 0 Å². The fraction of sp³-hybridized carbons (Fsp3) is 0.842. The predicted octanol–water partition coefficient (Wildman–Crippen LogP) is 4.88. The van der Waals surface area contributed by atoms with E-state index in [1.165, 1.54) is 6.08 Å². The number of hydrogen-bond donors (Lipinski definition) is 0. The molecular formula is C19H38O5Si. The first-order valence-electron chi connectivity index (χ1n) is 9.85. The van der Waals surface area contributed by atoms with Gasteiger partial charge in [0, 0.05) is 31.9 Å². The van der Waals surface area contributed by atoms with Crippen LogP contribution >= 0.6 is 0 Å². The molecule has 0 fully saturated rings. The van der Waals surface area contributed by atoms with Crippen LogP contribution in [-0.2, 0) is 22.8 Å². The molecule has 148 valence electrons. The highest BCUT2D eigenvalue weighted by molar-refractivity contribution is 6.60. The van der Waals surface area contributed by atoms with Crippen LogP contribution in [0.1, 0.15) is 72.1 Å². The molecule has 0 saturated heterocycles. The fourth-order valence-electron chi connectivity index (χ4n) is 2.13. The molecular weight excluding hydrogens is 336 g/mol. The van der Waals surface area contributed by atoms with Crippen LogP contribution in [0.4, 0.5) is 0 Å². The molecule has 0 aromatic carbocycles. The summed E-state index contributed by atoms with van der Waals surface area (Å²) in [6, 6.07) is 0.774. The summed E-state index contributed by atoms with van der Waals surface area (Å²) >= 11 is 0. The third-order valence-electron chi connectivity index (χ3n) is 3.75. The van der Waals surface area contributed by atoms with E-state index in [0.29, 0.717) is 26.4 Å². The van der Waals surface area contributed by atoms with E-state index in [9.17, 15) is 4.79 Å². The zero-order valence-electron chi connectivity index (χ0n) is 16.5. The van der Waals surface area contributed by atoms with Crippen molar-refractivity contribution in [3.63, 3.8) is 0 Å². The van der Waals surface area contributed by atoms with Crippen LogP contribution in [0.25, 0.3) is 0 Å². The zero-order chi connectivity index (χ0) is 18.8. The normalized spacial score (nSPS) is 11.5. The Balaban J connectivity index is 4.57. The van der Waals surface area contributed by atoms with Gasteiger partial charge in [-0.1, -0.05) is 46.6 Å². The lowest BCUT2D eigenvalue weighted by Gasteiger charge is -2.30. The molecule has 0 aromatic rings. The van der Waals surface area contributed by atoms with E-state index in [1.54, 1.807) is 0 Å². The van der Waals surface area contributed by atoms with Crippen molar-refractivity contribution in [1.29, 1.82) is 0 Å². The Labute approximate surface area is 155 Å². The zero-order valence-corrected chi connectivity index (χ0v) is 17.5. The van der Waals surface area contributed by atoms with Gasteiger partial charge in [-0.25, -0.2) is 4.79 Å². The quantitative estimate of drug-likeness (QED) is 0.148. The van der Waals surface area contributed by atoms with Crippen LogP contribution < -0.4 is 0 Å². The molecule has 25 heavy (non-hydrogen) atoms. The molecule has 0 amide bonds. The molecule has 5 nitrogen and oxygen atoms in total. The monoisotopic (exact) mass is 374 g/mol. The Bertz CT molecular complexity index is 309. The third-order valence-corrected chi connectivity index (χ3v) is 6.65. The number of unbranched alkanes of at least 4 members (excludes halogenated alkanes) is 4. The second-order valence-corrected chi connectivity index (χ2v) is 8.85. The molecule has 0 aliphatic rings. The van der Waals surface area contributed by atoms with E-state index < -0.39 is 8.80 Å². The first-order chi connectivity index (χ1) is 12.1. The Morgan fingerprint density at radius 2 is 1.28 bits per heavy atom. The van der Waals surface area contributed by atoms with Crippen LogP contribution in [0.2, 0.25) is 6.04 Å². The minimum atomic E-state index is -2.65. The highest BCUT2D eigenvalue weighted by atomic mass is 28.4. The van der Waals surface area contributed by atoms with Crippen LogP contribution in [0.3, 0.4) is 0 Å². The number of hydrogen-bond acceptors (Lipinski definition) is 5. The number of rotatable bonds is 18. The first kappa shape index (κ1) is 24.3. The minimum Gasteiger partial charge on any atom is -0.463 e. The van der Waals surface area contributed by atoms with Gasteiger partial charge in [-0.15, -0.1) is 0 Å². The summed E-state index contributed by atoms with van der Waals surface area (Å²) in [6.45, 7) is 12.3. The van der Waals surface area contributed by atoms with E-state index in [4.69, 9.17) is 18.0 Å². The topological polar surface area (TPSA) is 54.0 Å². The van der Waals surface area contributed by atoms with Crippen molar-refractivity contribution < 1.29 is 22.8 Å². The first-order valence-corrected chi connectivity index (χ1v) is 11.8. The maximum absolute atomic E-state index is 11.1. The maximum Gasteiger partial charge on any atom is 0.500 e. The van der Waals surface area contributed by atoms with Gasteiger partial charge in [-0.05, 0) is 32.1 Å². The highest BCUT2D eigenvalue weighted by Gasteiger charge is 2.40. The van der Waals surface area contributed by atoms with Gasteiger partial charge in [0.2, 0.25) is 0 Å². The molecule has 0 rings (SSSR count). The average Bonchev–Trinajstić information content (AvgIpc) is 2.61. The molecule has 0 aromatic heterocycles. The van der Waals surface area contributed by atoms with Gasteiger partial charge in [0.05, 0.1) is 6.61 Å². The van der Waals surface area contributed by atoms with Gasteiger partial charge >= 0.3 is 14.8 Å². The van der Waals surface area contributed by atoms with Crippen molar-refractivity contribution >= 4 is 14.8 Å². The second-order valence-electron chi connectivity index (χ2n) is 6.12. The summed E-state index contributed by atoms with van der Waals surface area (Å²) in [4.78, 5) is 11.1. The summed E-state index contributed by atoms with van der Waals surface area (Å²) in [5.41, 5.74) is 0. The Morgan fingerprint density at radius 1 is 0.800 bits per heavy atom. The SMILES string of the molecule is C=CC(=O)OCCCC[Si](OCCCC)(OCCCC)OCCCC. The Hall–Kier alpha value is -0.693. The smallest absolute Gasteiger partial charge is 0.463 e. The van der Waals surface area contributed by atoms with E-state index >= 15 is 0 Å².